The molecule has 0 bridgehead atoms. The SMILES string of the molecule is CC(C)CP(CC(C)C)C1(C)C=CC=CC1C. The van der Waals surface area contributed by atoms with Crippen LogP contribution in [0, 0.1) is 17.8 Å². The van der Waals surface area contributed by atoms with E-state index in [1.807, 2.05) is 0 Å². The molecule has 1 rings (SSSR count). The van der Waals surface area contributed by atoms with E-state index in [1.165, 1.54) is 12.3 Å². The van der Waals surface area contributed by atoms with Crippen LogP contribution in [-0.4, -0.2) is 17.5 Å². The van der Waals surface area contributed by atoms with Crippen molar-refractivity contribution in [2.24, 2.45) is 17.8 Å². The lowest BCUT2D eigenvalue weighted by atomic mass is 9.91. The van der Waals surface area contributed by atoms with Crippen LogP contribution >= 0.6 is 7.92 Å². The molecule has 0 aromatic rings. The lowest BCUT2D eigenvalue weighted by Crippen LogP contribution is -2.32. The summed E-state index contributed by atoms with van der Waals surface area (Å²) in [6.45, 7) is 14.3. The molecule has 0 spiro atoms. The fourth-order valence-corrected chi connectivity index (χ4v) is 6.23. The van der Waals surface area contributed by atoms with Gasteiger partial charge in [0.15, 0.2) is 0 Å². The molecule has 0 N–H and O–H groups in total. The molecule has 0 nitrogen and oxygen atoms in total. The van der Waals surface area contributed by atoms with Crippen LogP contribution < -0.4 is 0 Å². The molecule has 0 radical (unpaired) electrons. The van der Waals surface area contributed by atoms with E-state index in [9.17, 15) is 0 Å². The molecule has 0 amide bonds. The highest BCUT2D eigenvalue weighted by Gasteiger charge is 2.36. The number of rotatable bonds is 5. The minimum atomic E-state index is 0.0828. The normalized spacial score (nSPS) is 28.6. The van der Waals surface area contributed by atoms with Gasteiger partial charge < -0.3 is 0 Å². The maximum atomic E-state index is 2.48. The first-order valence-electron chi connectivity index (χ1n) is 6.97. The molecule has 0 fully saturated rings. The summed E-state index contributed by atoms with van der Waals surface area (Å²) in [5, 5.41) is 0.415. The zero-order valence-corrected chi connectivity index (χ0v) is 13.3. The lowest BCUT2D eigenvalue weighted by molar-refractivity contribution is 0.575. The Hall–Kier alpha value is -0.0900. The second kappa shape index (κ2) is 6.19. The minimum Gasteiger partial charge on any atom is -0.0956 e. The van der Waals surface area contributed by atoms with Gasteiger partial charge in [-0.25, -0.2) is 0 Å². The quantitative estimate of drug-likeness (QED) is 0.582. The lowest BCUT2D eigenvalue weighted by Gasteiger charge is -2.43. The average molecular weight is 252 g/mol. The summed E-state index contributed by atoms with van der Waals surface area (Å²) in [7, 11) is 0.0828. The van der Waals surface area contributed by atoms with Crippen LogP contribution in [0.3, 0.4) is 0 Å². The van der Waals surface area contributed by atoms with Crippen molar-refractivity contribution in [2.75, 3.05) is 12.3 Å². The van der Waals surface area contributed by atoms with Gasteiger partial charge in [-0.05, 0) is 30.1 Å². The summed E-state index contributed by atoms with van der Waals surface area (Å²) >= 11 is 0. The van der Waals surface area contributed by atoms with E-state index in [4.69, 9.17) is 0 Å². The van der Waals surface area contributed by atoms with Crippen molar-refractivity contribution in [2.45, 2.75) is 46.7 Å². The van der Waals surface area contributed by atoms with Crippen molar-refractivity contribution in [3.8, 4) is 0 Å². The van der Waals surface area contributed by atoms with Crippen LogP contribution in [0.25, 0.3) is 0 Å². The molecular weight excluding hydrogens is 223 g/mol. The fourth-order valence-electron chi connectivity index (χ4n) is 2.57. The summed E-state index contributed by atoms with van der Waals surface area (Å²) in [6, 6.07) is 0. The zero-order valence-electron chi connectivity index (χ0n) is 12.4. The average Bonchev–Trinajstić information content (AvgIpc) is 2.20. The molecular formula is C16H29P. The first-order valence-corrected chi connectivity index (χ1v) is 8.68. The monoisotopic (exact) mass is 252 g/mol. The minimum absolute atomic E-state index is 0.0828. The summed E-state index contributed by atoms with van der Waals surface area (Å²) < 4.78 is 0. The van der Waals surface area contributed by atoms with Crippen LogP contribution in [0.15, 0.2) is 24.3 Å². The van der Waals surface area contributed by atoms with E-state index >= 15 is 0 Å². The van der Waals surface area contributed by atoms with E-state index in [2.05, 4.69) is 65.8 Å². The Kier molecular flexibility index (Phi) is 5.45. The van der Waals surface area contributed by atoms with Crippen molar-refractivity contribution in [3.63, 3.8) is 0 Å². The second-order valence-electron chi connectivity index (χ2n) is 6.45. The number of allylic oxidation sites excluding steroid dienone is 4. The van der Waals surface area contributed by atoms with Crippen LogP contribution in [0.5, 0.6) is 0 Å². The van der Waals surface area contributed by atoms with Gasteiger partial charge in [0.2, 0.25) is 0 Å². The van der Waals surface area contributed by atoms with Gasteiger partial charge in [0.25, 0.3) is 0 Å². The molecule has 0 aliphatic heterocycles. The van der Waals surface area contributed by atoms with Crippen LogP contribution in [0.4, 0.5) is 0 Å². The van der Waals surface area contributed by atoms with Gasteiger partial charge in [0, 0.05) is 5.16 Å². The molecule has 1 aliphatic carbocycles. The van der Waals surface area contributed by atoms with Crippen molar-refractivity contribution >= 4 is 7.92 Å². The molecule has 2 atom stereocenters. The van der Waals surface area contributed by atoms with Crippen molar-refractivity contribution in [1.29, 1.82) is 0 Å². The Bertz CT molecular complexity index is 278. The molecule has 0 aromatic carbocycles. The van der Waals surface area contributed by atoms with Gasteiger partial charge >= 0.3 is 0 Å². The van der Waals surface area contributed by atoms with Gasteiger partial charge in [-0.3, -0.25) is 0 Å². The highest BCUT2D eigenvalue weighted by molar-refractivity contribution is 7.59. The largest absolute Gasteiger partial charge is 0.0956 e. The van der Waals surface area contributed by atoms with Gasteiger partial charge in [0.05, 0.1) is 0 Å². The maximum Gasteiger partial charge on any atom is 0.0119 e. The van der Waals surface area contributed by atoms with E-state index < -0.39 is 0 Å². The third-order valence-electron chi connectivity index (χ3n) is 3.72. The summed E-state index contributed by atoms with van der Waals surface area (Å²) in [5.41, 5.74) is 0. The van der Waals surface area contributed by atoms with Gasteiger partial charge in [-0.2, -0.15) is 0 Å². The molecule has 1 heteroatoms. The highest BCUT2D eigenvalue weighted by Crippen LogP contribution is 2.57. The van der Waals surface area contributed by atoms with Crippen LogP contribution in [0.1, 0.15) is 41.5 Å². The molecule has 17 heavy (non-hydrogen) atoms. The third-order valence-corrected chi connectivity index (χ3v) is 7.98. The summed E-state index contributed by atoms with van der Waals surface area (Å²) in [6.07, 6.45) is 12.2. The van der Waals surface area contributed by atoms with Crippen molar-refractivity contribution in [3.05, 3.63) is 24.3 Å². The van der Waals surface area contributed by atoms with Crippen molar-refractivity contribution < 1.29 is 0 Å². The molecule has 1 aliphatic rings. The number of hydrogen-bond acceptors (Lipinski definition) is 0. The molecule has 0 aromatic heterocycles. The first kappa shape index (κ1) is 15.0. The molecule has 2 unspecified atom stereocenters. The fraction of sp³-hybridized carbons (Fsp3) is 0.750. The summed E-state index contributed by atoms with van der Waals surface area (Å²) in [4.78, 5) is 0. The summed E-state index contributed by atoms with van der Waals surface area (Å²) in [5.74, 6) is 2.34. The smallest absolute Gasteiger partial charge is 0.0119 e. The van der Waals surface area contributed by atoms with Gasteiger partial charge in [0.1, 0.15) is 0 Å². The van der Waals surface area contributed by atoms with Crippen LogP contribution in [0.2, 0.25) is 0 Å². The predicted molar refractivity (Wildman–Crippen MR) is 82.2 cm³/mol. The number of hydrogen-bond donors (Lipinski definition) is 0. The Balaban J connectivity index is 2.87. The van der Waals surface area contributed by atoms with Gasteiger partial charge in [-0.1, -0.05) is 73.8 Å². The molecule has 0 saturated heterocycles. The Morgan fingerprint density at radius 1 is 1.06 bits per heavy atom. The predicted octanol–water partition coefficient (Wildman–Crippen LogP) is 5.30. The Morgan fingerprint density at radius 2 is 1.59 bits per heavy atom. The Morgan fingerprint density at radius 3 is 2.00 bits per heavy atom. The van der Waals surface area contributed by atoms with E-state index in [-0.39, 0.29) is 7.92 Å². The maximum absolute atomic E-state index is 2.48. The van der Waals surface area contributed by atoms with E-state index in [1.54, 1.807) is 0 Å². The Labute approximate surface area is 109 Å². The topological polar surface area (TPSA) is 0 Å². The highest BCUT2D eigenvalue weighted by atomic mass is 31.1. The van der Waals surface area contributed by atoms with Crippen molar-refractivity contribution in [1.82, 2.24) is 0 Å². The second-order valence-corrected chi connectivity index (χ2v) is 9.22. The standard InChI is InChI=1S/C16H29P/c1-13(2)11-17(12-14(3)4)16(6)10-8-7-9-15(16)5/h7-10,13-15H,11-12H2,1-6H3. The van der Waals surface area contributed by atoms with Gasteiger partial charge in [-0.15, -0.1) is 0 Å². The van der Waals surface area contributed by atoms with E-state index in [0.29, 0.717) is 11.1 Å². The van der Waals surface area contributed by atoms with Crippen LogP contribution in [-0.2, 0) is 0 Å². The van der Waals surface area contributed by atoms with E-state index in [0.717, 1.165) is 11.8 Å². The molecule has 0 saturated carbocycles. The molecule has 0 heterocycles. The zero-order chi connectivity index (χ0) is 13.1. The first-order chi connectivity index (χ1) is 7.86. The third kappa shape index (κ3) is 3.95. The molecule has 98 valence electrons.